The maximum atomic E-state index is 5.12. The molecule has 1 unspecified atom stereocenters. The molecule has 2 heteroatoms. The van der Waals surface area contributed by atoms with Crippen LogP contribution >= 0.6 is 0 Å². The molecule has 0 heterocycles. The standard InChI is InChI=1S/C16H27NO/c1-14(11-13-18-4)17-16(2,3)12-10-15-8-6-5-7-9-15/h5-9,14,17H,10-13H2,1-4H3. The third-order valence-electron chi connectivity index (χ3n) is 3.27. The molecule has 0 amide bonds. The molecule has 18 heavy (non-hydrogen) atoms. The van der Waals surface area contributed by atoms with Crippen molar-refractivity contribution in [1.29, 1.82) is 0 Å². The van der Waals surface area contributed by atoms with Crippen molar-refractivity contribution in [2.75, 3.05) is 13.7 Å². The van der Waals surface area contributed by atoms with Crippen LogP contribution in [0.15, 0.2) is 30.3 Å². The summed E-state index contributed by atoms with van der Waals surface area (Å²) in [5, 5.41) is 3.68. The number of rotatable bonds is 8. The number of benzene rings is 1. The zero-order chi connectivity index (χ0) is 13.4. The summed E-state index contributed by atoms with van der Waals surface area (Å²) >= 11 is 0. The minimum Gasteiger partial charge on any atom is -0.385 e. The Hall–Kier alpha value is -0.860. The van der Waals surface area contributed by atoms with Crippen LogP contribution < -0.4 is 5.32 Å². The summed E-state index contributed by atoms with van der Waals surface area (Å²) in [5.41, 5.74) is 1.58. The molecular formula is C16H27NO. The Morgan fingerprint density at radius 3 is 2.50 bits per heavy atom. The average molecular weight is 249 g/mol. The molecule has 102 valence electrons. The van der Waals surface area contributed by atoms with E-state index in [0.29, 0.717) is 6.04 Å². The van der Waals surface area contributed by atoms with Crippen LogP contribution in [0.1, 0.15) is 39.2 Å². The topological polar surface area (TPSA) is 21.3 Å². The largest absolute Gasteiger partial charge is 0.385 e. The normalized spacial score (nSPS) is 13.6. The van der Waals surface area contributed by atoms with Crippen LogP contribution in [0.5, 0.6) is 0 Å². The number of aryl methyl sites for hydroxylation is 1. The maximum Gasteiger partial charge on any atom is 0.0476 e. The van der Waals surface area contributed by atoms with E-state index in [1.54, 1.807) is 7.11 Å². The van der Waals surface area contributed by atoms with Gasteiger partial charge in [0.25, 0.3) is 0 Å². The Morgan fingerprint density at radius 2 is 1.89 bits per heavy atom. The summed E-state index contributed by atoms with van der Waals surface area (Å²) < 4.78 is 5.12. The first kappa shape index (κ1) is 15.2. The molecule has 0 aliphatic carbocycles. The van der Waals surface area contributed by atoms with Gasteiger partial charge in [-0.2, -0.15) is 0 Å². The van der Waals surface area contributed by atoms with Gasteiger partial charge >= 0.3 is 0 Å². The molecule has 0 aliphatic rings. The molecule has 1 aromatic carbocycles. The van der Waals surface area contributed by atoms with E-state index in [0.717, 1.165) is 25.9 Å². The van der Waals surface area contributed by atoms with E-state index < -0.39 is 0 Å². The smallest absolute Gasteiger partial charge is 0.0476 e. The number of hydrogen-bond donors (Lipinski definition) is 1. The molecule has 0 bridgehead atoms. The van der Waals surface area contributed by atoms with E-state index in [-0.39, 0.29) is 5.54 Å². The minimum absolute atomic E-state index is 0.170. The van der Waals surface area contributed by atoms with E-state index in [1.165, 1.54) is 5.56 Å². The highest BCUT2D eigenvalue weighted by Crippen LogP contribution is 2.15. The van der Waals surface area contributed by atoms with Crippen LogP contribution in [-0.4, -0.2) is 25.3 Å². The van der Waals surface area contributed by atoms with Gasteiger partial charge in [-0.25, -0.2) is 0 Å². The summed E-state index contributed by atoms with van der Waals surface area (Å²) in [6.45, 7) is 7.60. The van der Waals surface area contributed by atoms with Crippen molar-refractivity contribution >= 4 is 0 Å². The first-order chi connectivity index (χ1) is 8.53. The third kappa shape index (κ3) is 6.18. The van der Waals surface area contributed by atoms with Gasteiger partial charge in [0.15, 0.2) is 0 Å². The Kier molecular flexibility index (Phi) is 6.37. The van der Waals surface area contributed by atoms with Crippen molar-refractivity contribution in [3.05, 3.63) is 35.9 Å². The lowest BCUT2D eigenvalue weighted by molar-refractivity contribution is 0.177. The van der Waals surface area contributed by atoms with Crippen molar-refractivity contribution in [1.82, 2.24) is 5.32 Å². The minimum atomic E-state index is 0.170. The second-order valence-corrected chi connectivity index (χ2v) is 5.70. The van der Waals surface area contributed by atoms with Crippen LogP contribution in [-0.2, 0) is 11.2 Å². The first-order valence-corrected chi connectivity index (χ1v) is 6.84. The van der Waals surface area contributed by atoms with Gasteiger partial charge in [-0.05, 0) is 45.6 Å². The van der Waals surface area contributed by atoms with E-state index >= 15 is 0 Å². The number of methoxy groups -OCH3 is 1. The summed E-state index contributed by atoms with van der Waals surface area (Å²) in [7, 11) is 1.76. The lowest BCUT2D eigenvalue weighted by Crippen LogP contribution is -2.45. The zero-order valence-electron chi connectivity index (χ0n) is 12.2. The predicted octanol–water partition coefficient (Wildman–Crippen LogP) is 3.41. The lowest BCUT2D eigenvalue weighted by Gasteiger charge is -2.30. The van der Waals surface area contributed by atoms with Crippen LogP contribution in [0.2, 0.25) is 0 Å². The molecule has 2 nitrogen and oxygen atoms in total. The molecular weight excluding hydrogens is 222 g/mol. The summed E-state index contributed by atoms with van der Waals surface area (Å²) in [4.78, 5) is 0. The Labute approximate surface area is 112 Å². The molecule has 0 saturated heterocycles. The highest BCUT2D eigenvalue weighted by molar-refractivity contribution is 5.15. The molecule has 1 atom stereocenters. The van der Waals surface area contributed by atoms with E-state index in [1.807, 2.05) is 0 Å². The number of nitrogens with one attached hydrogen (secondary N) is 1. The van der Waals surface area contributed by atoms with Gasteiger partial charge in [0.2, 0.25) is 0 Å². The molecule has 1 aromatic rings. The van der Waals surface area contributed by atoms with Gasteiger partial charge in [-0.3, -0.25) is 0 Å². The van der Waals surface area contributed by atoms with Crippen LogP contribution in [0.4, 0.5) is 0 Å². The fourth-order valence-electron chi connectivity index (χ4n) is 2.21. The van der Waals surface area contributed by atoms with Gasteiger partial charge in [0, 0.05) is 25.3 Å². The van der Waals surface area contributed by atoms with Gasteiger partial charge < -0.3 is 10.1 Å². The van der Waals surface area contributed by atoms with Gasteiger partial charge in [-0.1, -0.05) is 30.3 Å². The van der Waals surface area contributed by atoms with Crippen molar-refractivity contribution in [3.63, 3.8) is 0 Å². The Balaban J connectivity index is 2.35. The van der Waals surface area contributed by atoms with E-state index in [4.69, 9.17) is 4.74 Å². The molecule has 0 saturated carbocycles. The zero-order valence-corrected chi connectivity index (χ0v) is 12.2. The third-order valence-corrected chi connectivity index (χ3v) is 3.27. The fourth-order valence-corrected chi connectivity index (χ4v) is 2.21. The van der Waals surface area contributed by atoms with Crippen LogP contribution in [0, 0.1) is 0 Å². The lowest BCUT2D eigenvalue weighted by atomic mass is 9.94. The molecule has 0 fully saturated rings. The van der Waals surface area contributed by atoms with Gasteiger partial charge in [-0.15, -0.1) is 0 Å². The van der Waals surface area contributed by atoms with Crippen molar-refractivity contribution in [2.45, 2.75) is 51.6 Å². The van der Waals surface area contributed by atoms with Gasteiger partial charge in [0.05, 0.1) is 0 Å². The SMILES string of the molecule is COCCC(C)NC(C)(C)CCc1ccccc1. The molecule has 0 aromatic heterocycles. The van der Waals surface area contributed by atoms with Crippen molar-refractivity contribution in [3.8, 4) is 0 Å². The van der Waals surface area contributed by atoms with Gasteiger partial charge in [0.1, 0.15) is 0 Å². The second-order valence-electron chi connectivity index (χ2n) is 5.70. The van der Waals surface area contributed by atoms with Crippen LogP contribution in [0.3, 0.4) is 0 Å². The Morgan fingerprint density at radius 1 is 1.22 bits per heavy atom. The first-order valence-electron chi connectivity index (χ1n) is 6.84. The van der Waals surface area contributed by atoms with Crippen LogP contribution in [0.25, 0.3) is 0 Å². The molecule has 0 aliphatic heterocycles. The number of hydrogen-bond acceptors (Lipinski definition) is 2. The summed E-state index contributed by atoms with van der Waals surface area (Å²) in [6.07, 6.45) is 3.33. The maximum absolute atomic E-state index is 5.12. The average Bonchev–Trinajstić information content (AvgIpc) is 2.35. The van der Waals surface area contributed by atoms with Crippen molar-refractivity contribution in [2.24, 2.45) is 0 Å². The second kappa shape index (κ2) is 7.55. The fraction of sp³-hybridized carbons (Fsp3) is 0.625. The summed E-state index contributed by atoms with van der Waals surface area (Å²) in [5.74, 6) is 0. The molecule has 1 rings (SSSR count). The highest BCUT2D eigenvalue weighted by atomic mass is 16.5. The van der Waals surface area contributed by atoms with E-state index in [2.05, 4.69) is 56.4 Å². The number of ether oxygens (including phenoxy) is 1. The van der Waals surface area contributed by atoms with E-state index in [9.17, 15) is 0 Å². The molecule has 0 spiro atoms. The Bertz CT molecular complexity index is 321. The molecule has 1 N–H and O–H groups in total. The quantitative estimate of drug-likeness (QED) is 0.762. The molecule has 0 radical (unpaired) electrons. The highest BCUT2D eigenvalue weighted by Gasteiger charge is 2.19. The predicted molar refractivity (Wildman–Crippen MR) is 77.9 cm³/mol. The monoisotopic (exact) mass is 249 g/mol. The van der Waals surface area contributed by atoms with Crippen molar-refractivity contribution < 1.29 is 4.74 Å². The summed E-state index contributed by atoms with van der Waals surface area (Å²) in [6, 6.07) is 11.2.